The van der Waals surface area contributed by atoms with E-state index in [9.17, 15) is 61.0 Å². The van der Waals surface area contributed by atoms with E-state index in [0.29, 0.717) is 12.8 Å². The summed E-state index contributed by atoms with van der Waals surface area (Å²) >= 11 is 0. The molecule has 3 aliphatic rings. The van der Waals surface area contributed by atoms with Gasteiger partial charge in [-0.25, -0.2) is 0 Å². The number of hydrogen-bond donors (Lipinski definition) is 12. The molecule has 3 saturated heterocycles. The molecule has 19 nitrogen and oxygen atoms in total. The second kappa shape index (κ2) is 43.8. The van der Waals surface area contributed by atoms with Crippen molar-refractivity contribution in [2.75, 3.05) is 26.4 Å². The van der Waals surface area contributed by atoms with Crippen LogP contribution in [0.4, 0.5) is 0 Å². The summed E-state index contributed by atoms with van der Waals surface area (Å²) in [5.41, 5.74) is 0. The first-order valence-electron chi connectivity index (χ1n) is 31.1. The number of allylic oxidation sites excluding steroid dienone is 4. The van der Waals surface area contributed by atoms with Crippen molar-refractivity contribution in [3.05, 3.63) is 24.3 Å². The maximum Gasteiger partial charge on any atom is 0.220 e. The van der Waals surface area contributed by atoms with Gasteiger partial charge < -0.3 is 89.9 Å². The molecule has 17 unspecified atom stereocenters. The highest BCUT2D eigenvalue weighted by molar-refractivity contribution is 5.76. The monoisotopic (exact) mass is 1130 g/mol. The molecule has 0 aromatic heterocycles. The van der Waals surface area contributed by atoms with Crippen LogP contribution in [0, 0.1) is 0 Å². The van der Waals surface area contributed by atoms with Gasteiger partial charge in [0.05, 0.1) is 38.6 Å². The number of unbranched alkanes of at least 4 members (excludes halogenated alkanes) is 26. The minimum Gasteiger partial charge on any atom is -0.394 e. The van der Waals surface area contributed by atoms with Crippen molar-refractivity contribution in [1.82, 2.24) is 5.32 Å². The van der Waals surface area contributed by atoms with Crippen molar-refractivity contribution in [3.8, 4) is 0 Å². The van der Waals surface area contributed by atoms with E-state index in [4.69, 9.17) is 28.4 Å². The molecule has 3 heterocycles. The molecule has 79 heavy (non-hydrogen) atoms. The molecule has 0 aromatic carbocycles. The van der Waals surface area contributed by atoms with Gasteiger partial charge in [0.2, 0.25) is 5.91 Å². The maximum absolute atomic E-state index is 13.4. The number of ether oxygens (including phenoxy) is 6. The molecule has 0 aromatic rings. The summed E-state index contributed by atoms with van der Waals surface area (Å²) in [4.78, 5) is 13.4. The van der Waals surface area contributed by atoms with Crippen molar-refractivity contribution in [1.29, 1.82) is 0 Å². The second-order valence-corrected chi connectivity index (χ2v) is 22.5. The van der Waals surface area contributed by atoms with Crippen molar-refractivity contribution < 1.29 is 89.4 Å². The van der Waals surface area contributed by atoms with E-state index in [-0.39, 0.29) is 18.9 Å². The van der Waals surface area contributed by atoms with Crippen LogP contribution in [0.15, 0.2) is 24.3 Å². The molecule has 3 fully saturated rings. The largest absolute Gasteiger partial charge is 0.394 e. The Bertz CT molecular complexity index is 1540. The van der Waals surface area contributed by atoms with Gasteiger partial charge in [0, 0.05) is 6.42 Å². The van der Waals surface area contributed by atoms with Crippen LogP contribution in [0.3, 0.4) is 0 Å². The number of aliphatic hydroxyl groups excluding tert-OH is 11. The Kier molecular flexibility index (Phi) is 39.7. The molecule has 0 aliphatic carbocycles. The minimum absolute atomic E-state index is 0.250. The van der Waals surface area contributed by atoms with Crippen LogP contribution < -0.4 is 5.32 Å². The first-order chi connectivity index (χ1) is 38.3. The van der Waals surface area contributed by atoms with Crippen LogP contribution in [0.2, 0.25) is 0 Å². The summed E-state index contributed by atoms with van der Waals surface area (Å²) in [6.45, 7) is 1.77. The smallest absolute Gasteiger partial charge is 0.220 e. The lowest BCUT2D eigenvalue weighted by molar-refractivity contribution is -0.379. The Balaban J connectivity index is 1.49. The number of hydrogen-bond acceptors (Lipinski definition) is 18. The summed E-state index contributed by atoms with van der Waals surface area (Å²) in [7, 11) is 0. The highest BCUT2D eigenvalue weighted by Gasteiger charge is 2.53. The van der Waals surface area contributed by atoms with Gasteiger partial charge in [-0.1, -0.05) is 192 Å². The van der Waals surface area contributed by atoms with Crippen LogP contribution in [0.5, 0.6) is 0 Å². The van der Waals surface area contributed by atoms with E-state index in [1.54, 1.807) is 0 Å². The van der Waals surface area contributed by atoms with Crippen LogP contribution in [-0.4, -0.2) is 193 Å². The lowest BCUT2D eigenvalue weighted by Gasteiger charge is -2.48. The van der Waals surface area contributed by atoms with Gasteiger partial charge in [-0.15, -0.1) is 0 Å². The molecule has 12 N–H and O–H groups in total. The molecule has 3 rings (SSSR count). The van der Waals surface area contributed by atoms with Crippen LogP contribution >= 0.6 is 0 Å². The van der Waals surface area contributed by atoms with E-state index >= 15 is 0 Å². The standard InChI is InChI=1S/C60H111NO18/c1-3-5-7-9-11-13-15-17-19-21-23-25-27-29-31-33-35-37-44(65)43(61-48(66)38-36-34-32-30-28-26-24-22-20-18-16-14-12-10-8-6-4-2)42-74-58-54(72)51(69)56(46(40-63)76-58)79-60-55(73)52(70)57(47(41-64)77-60)78-59-53(71)50(68)49(67)45(39-62)75-59/h12,14,18,20,43-47,49-60,62-65,67-73H,3-11,13,15-17,19,21-42H2,1-2H3,(H,61,66)/b14-12-,20-18-. The first-order valence-corrected chi connectivity index (χ1v) is 31.1. The van der Waals surface area contributed by atoms with Gasteiger partial charge in [-0.2, -0.15) is 0 Å². The highest BCUT2D eigenvalue weighted by atomic mass is 16.8. The fourth-order valence-electron chi connectivity index (χ4n) is 10.6. The molecular weight excluding hydrogens is 1020 g/mol. The summed E-state index contributed by atoms with van der Waals surface area (Å²) in [6.07, 6.45) is 18.2. The third-order valence-corrected chi connectivity index (χ3v) is 15.8. The van der Waals surface area contributed by atoms with Gasteiger partial charge in [0.25, 0.3) is 0 Å². The summed E-state index contributed by atoms with van der Waals surface area (Å²) in [5.74, 6) is -0.250. The van der Waals surface area contributed by atoms with Gasteiger partial charge in [-0.05, 0) is 44.9 Å². The number of aliphatic hydroxyl groups is 11. The molecule has 19 heteroatoms. The third kappa shape index (κ3) is 27.7. The van der Waals surface area contributed by atoms with E-state index < -0.39 is 124 Å². The summed E-state index contributed by atoms with van der Waals surface area (Å²) in [6, 6.07) is -0.889. The molecule has 3 aliphatic heterocycles. The van der Waals surface area contributed by atoms with Gasteiger partial charge >= 0.3 is 0 Å². The van der Waals surface area contributed by atoms with E-state index in [1.807, 2.05) is 0 Å². The number of carbonyl (C=O) groups excluding carboxylic acids is 1. The van der Waals surface area contributed by atoms with Gasteiger partial charge in [0.1, 0.15) is 73.2 Å². The molecular formula is C60H111NO18. The fourth-order valence-corrected chi connectivity index (χ4v) is 10.6. The number of carbonyl (C=O) groups is 1. The lowest BCUT2D eigenvalue weighted by Crippen LogP contribution is -2.66. The Labute approximate surface area is 473 Å². The number of rotatable bonds is 46. The van der Waals surface area contributed by atoms with Crippen LogP contribution in [-0.2, 0) is 33.2 Å². The first kappa shape index (κ1) is 71.5. The molecule has 0 saturated carbocycles. The zero-order valence-corrected chi connectivity index (χ0v) is 48.4. The van der Waals surface area contributed by atoms with Crippen LogP contribution in [0.1, 0.15) is 219 Å². The Morgan fingerprint density at radius 3 is 1.32 bits per heavy atom. The Morgan fingerprint density at radius 1 is 0.456 bits per heavy atom. The average molecular weight is 1130 g/mol. The fraction of sp³-hybridized carbons (Fsp3) is 0.917. The van der Waals surface area contributed by atoms with Crippen molar-refractivity contribution in [2.45, 2.75) is 324 Å². The zero-order valence-electron chi connectivity index (χ0n) is 48.4. The second-order valence-electron chi connectivity index (χ2n) is 22.5. The van der Waals surface area contributed by atoms with Crippen molar-refractivity contribution in [3.63, 3.8) is 0 Å². The van der Waals surface area contributed by atoms with Gasteiger partial charge in [0.15, 0.2) is 18.9 Å². The Hall–Kier alpha value is -1.73. The zero-order chi connectivity index (χ0) is 57.6. The lowest BCUT2D eigenvalue weighted by atomic mass is 9.96. The van der Waals surface area contributed by atoms with Gasteiger partial charge in [-0.3, -0.25) is 4.79 Å². The van der Waals surface area contributed by atoms with Crippen LogP contribution in [0.25, 0.3) is 0 Å². The van der Waals surface area contributed by atoms with E-state index in [1.165, 1.54) is 109 Å². The maximum atomic E-state index is 13.4. The molecule has 0 radical (unpaired) electrons. The molecule has 0 bridgehead atoms. The van der Waals surface area contributed by atoms with E-state index in [2.05, 4.69) is 43.5 Å². The predicted octanol–water partition coefficient (Wildman–Crippen LogP) is 5.93. The topological polar surface area (TPSA) is 307 Å². The summed E-state index contributed by atoms with van der Waals surface area (Å²) in [5, 5.41) is 120. The average Bonchev–Trinajstić information content (AvgIpc) is 3.54. The van der Waals surface area contributed by atoms with Crippen molar-refractivity contribution in [2.24, 2.45) is 0 Å². The van der Waals surface area contributed by atoms with E-state index in [0.717, 1.165) is 77.0 Å². The molecule has 1 amide bonds. The molecule has 17 atom stereocenters. The molecule has 464 valence electrons. The Morgan fingerprint density at radius 2 is 0.835 bits per heavy atom. The van der Waals surface area contributed by atoms with Crippen molar-refractivity contribution >= 4 is 5.91 Å². The normalized spacial score (nSPS) is 30.4. The molecule has 0 spiro atoms. The number of nitrogens with one attached hydrogen (secondary N) is 1. The minimum atomic E-state index is -1.97. The summed E-state index contributed by atoms with van der Waals surface area (Å²) < 4.78 is 34.3. The quantitative estimate of drug-likeness (QED) is 0.0248. The highest BCUT2D eigenvalue weighted by Crippen LogP contribution is 2.33. The third-order valence-electron chi connectivity index (χ3n) is 15.8. The number of amides is 1. The SMILES string of the molecule is CCCCC/C=C\C/C=C\CCCCCCCCCC(=O)NC(COC1OC(CO)C(OC2OC(CO)C(OC3OC(CO)C(O)C(O)C3O)C(O)C2O)C(O)C1O)C(O)CCCCCCCCCCCCCCCCCCC. The predicted molar refractivity (Wildman–Crippen MR) is 300 cm³/mol.